The van der Waals surface area contributed by atoms with Crippen molar-refractivity contribution in [2.45, 2.75) is 25.3 Å². The third-order valence-electron chi connectivity index (χ3n) is 3.33. The fourth-order valence-electron chi connectivity index (χ4n) is 2.34. The minimum atomic E-state index is -0.158. The summed E-state index contributed by atoms with van der Waals surface area (Å²) in [6.07, 6.45) is 5.95. The molecule has 2 heterocycles. The number of nitrogens with zero attached hydrogens (tertiary/aromatic N) is 2. The van der Waals surface area contributed by atoms with E-state index in [0.29, 0.717) is 22.8 Å². The van der Waals surface area contributed by atoms with Gasteiger partial charge in [-0.2, -0.15) is 0 Å². The lowest BCUT2D eigenvalue weighted by molar-refractivity contribution is 0.0678. The third-order valence-corrected chi connectivity index (χ3v) is 3.60. The third kappa shape index (κ3) is 2.84. The number of pyridine rings is 1. The van der Waals surface area contributed by atoms with Crippen LogP contribution in [0.2, 0.25) is 0 Å². The minimum Gasteiger partial charge on any atom is -0.494 e. The number of hydrogen-bond donors (Lipinski definition) is 1. The molecule has 1 unspecified atom stereocenters. The molecule has 19 heavy (non-hydrogen) atoms. The van der Waals surface area contributed by atoms with Crippen molar-refractivity contribution in [2.75, 3.05) is 13.7 Å². The van der Waals surface area contributed by atoms with Gasteiger partial charge in [0.2, 0.25) is 0 Å². The van der Waals surface area contributed by atoms with Gasteiger partial charge in [-0.15, -0.1) is 0 Å². The highest BCUT2D eigenvalue weighted by Crippen LogP contribution is 2.24. The van der Waals surface area contributed by atoms with Crippen LogP contribution in [-0.2, 0) is 0 Å². The highest BCUT2D eigenvalue weighted by molar-refractivity contribution is 7.80. The van der Waals surface area contributed by atoms with E-state index >= 15 is 0 Å². The Bertz CT molecular complexity index is 493. The molecule has 2 N–H and O–H groups in total. The fourth-order valence-corrected chi connectivity index (χ4v) is 2.59. The molecule has 1 saturated heterocycles. The number of carbonyl (C=O) groups is 1. The second-order valence-electron chi connectivity index (χ2n) is 4.49. The van der Waals surface area contributed by atoms with Crippen molar-refractivity contribution >= 4 is 23.1 Å². The average Bonchev–Trinajstić information content (AvgIpc) is 2.46. The first-order valence-electron chi connectivity index (χ1n) is 6.23. The van der Waals surface area contributed by atoms with Crippen molar-refractivity contribution in [1.29, 1.82) is 0 Å². The topological polar surface area (TPSA) is 68.5 Å². The largest absolute Gasteiger partial charge is 0.494 e. The number of aromatic nitrogens is 1. The summed E-state index contributed by atoms with van der Waals surface area (Å²) in [5, 5.41) is 0. The molecular formula is C13H17N3O2S. The molecule has 0 saturated carbocycles. The number of methoxy groups -OCH3 is 1. The van der Waals surface area contributed by atoms with E-state index in [-0.39, 0.29) is 11.9 Å². The van der Waals surface area contributed by atoms with E-state index in [1.165, 1.54) is 13.3 Å². The Hall–Kier alpha value is -1.69. The van der Waals surface area contributed by atoms with Crippen LogP contribution >= 0.6 is 12.2 Å². The Labute approximate surface area is 117 Å². The van der Waals surface area contributed by atoms with E-state index in [9.17, 15) is 4.79 Å². The van der Waals surface area contributed by atoms with Gasteiger partial charge >= 0.3 is 0 Å². The Balaban J connectivity index is 2.29. The number of rotatable bonds is 3. The molecular weight excluding hydrogens is 262 g/mol. The van der Waals surface area contributed by atoms with Crippen LogP contribution in [-0.4, -0.2) is 40.5 Å². The molecule has 1 amide bonds. The van der Waals surface area contributed by atoms with Crippen molar-refractivity contribution in [2.24, 2.45) is 5.73 Å². The standard InChI is InChI=1S/C13H17N3O2S/c1-18-11-8-15-6-5-9(11)13(17)16-7-3-2-4-10(16)12(14)19/h5-6,8,10H,2-4,7H2,1H3,(H2,14,19). The van der Waals surface area contributed by atoms with Crippen LogP contribution in [0.5, 0.6) is 5.75 Å². The number of hydrogen-bond acceptors (Lipinski definition) is 4. The summed E-state index contributed by atoms with van der Waals surface area (Å²) < 4.78 is 5.18. The normalized spacial score (nSPS) is 19.0. The molecule has 1 aromatic heterocycles. The molecule has 2 rings (SSSR count). The average molecular weight is 279 g/mol. The Kier molecular flexibility index (Phi) is 4.31. The number of nitrogens with two attached hydrogens (primary N) is 1. The summed E-state index contributed by atoms with van der Waals surface area (Å²) in [7, 11) is 1.52. The quantitative estimate of drug-likeness (QED) is 0.846. The number of likely N-dealkylation sites (tertiary alicyclic amines) is 1. The van der Waals surface area contributed by atoms with Crippen LogP contribution < -0.4 is 10.5 Å². The minimum absolute atomic E-state index is 0.100. The van der Waals surface area contributed by atoms with Gasteiger partial charge < -0.3 is 15.4 Å². The van der Waals surface area contributed by atoms with Crippen molar-refractivity contribution in [3.63, 3.8) is 0 Å². The van der Waals surface area contributed by atoms with Gasteiger partial charge in [0.25, 0.3) is 5.91 Å². The lowest BCUT2D eigenvalue weighted by atomic mass is 10.0. The molecule has 1 aromatic rings. The van der Waals surface area contributed by atoms with Crippen LogP contribution in [0.4, 0.5) is 0 Å². The van der Waals surface area contributed by atoms with Crippen molar-refractivity contribution in [1.82, 2.24) is 9.88 Å². The maximum absolute atomic E-state index is 12.6. The van der Waals surface area contributed by atoms with E-state index in [0.717, 1.165) is 19.3 Å². The molecule has 1 aliphatic heterocycles. The molecule has 0 aliphatic carbocycles. The lowest BCUT2D eigenvalue weighted by Gasteiger charge is -2.35. The fraction of sp³-hybridized carbons (Fsp3) is 0.462. The number of ether oxygens (including phenoxy) is 1. The van der Waals surface area contributed by atoms with Gasteiger partial charge in [0.05, 0.1) is 29.9 Å². The molecule has 0 spiro atoms. The van der Waals surface area contributed by atoms with Crippen LogP contribution in [0.15, 0.2) is 18.5 Å². The maximum atomic E-state index is 12.6. The predicted octanol–water partition coefficient (Wildman–Crippen LogP) is 1.37. The molecule has 102 valence electrons. The number of carbonyl (C=O) groups excluding carboxylic acids is 1. The predicted molar refractivity (Wildman–Crippen MR) is 76.2 cm³/mol. The van der Waals surface area contributed by atoms with Gasteiger partial charge in [-0.1, -0.05) is 12.2 Å². The smallest absolute Gasteiger partial charge is 0.258 e. The molecule has 6 heteroatoms. The first-order chi connectivity index (χ1) is 9.15. The van der Waals surface area contributed by atoms with Crippen molar-refractivity contribution < 1.29 is 9.53 Å². The van der Waals surface area contributed by atoms with Gasteiger partial charge in [0, 0.05) is 12.7 Å². The molecule has 5 nitrogen and oxygen atoms in total. The van der Waals surface area contributed by atoms with Crippen LogP contribution in [0, 0.1) is 0 Å². The van der Waals surface area contributed by atoms with Gasteiger partial charge in [-0.25, -0.2) is 0 Å². The van der Waals surface area contributed by atoms with Gasteiger partial charge in [-0.3, -0.25) is 9.78 Å². The lowest BCUT2D eigenvalue weighted by Crippen LogP contribution is -2.49. The Morgan fingerprint density at radius 2 is 2.37 bits per heavy atom. The van der Waals surface area contributed by atoms with Gasteiger partial charge in [-0.05, 0) is 25.3 Å². The Morgan fingerprint density at radius 1 is 1.58 bits per heavy atom. The second-order valence-corrected chi connectivity index (χ2v) is 4.96. The highest BCUT2D eigenvalue weighted by Gasteiger charge is 2.30. The van der Waals surface area contributed by atoms with Crippen LogP contribution in [0.25, 0.3) is 0 Å². The highest BCUT2D eigenvalue weighted by atomic mass is 32.1. The zero-order chi connectivity index (χ0) is 13.8. The first-order valence-corrected chi connectivity index (χ1v) is 6.64. The van der Waals surface area contributed by atoms with E-state index < -0.39 is 0 Å². The number of piperidine rings is 1. The number of thiocarbonyl (C=S) groups is 1. The summed E-state index contributed by atoms with van der Waals surface area (Å²) in [5.41, 5.74) is 6.24. The van der Waals surface area contributed by atoms with E-state index in [4.69, 9.17) is 22.7 Å². The van der Waals surface area contributed by atoms with E-state index in [1.54, 1.807) is 17.2 Å². The maximum Gasteiger partial charge on any atom is 0.258 e. The van der Waals surface area contributed by atoms with Crippen LogP contribution in [0.1, 0.15) is 29.6 Å². The van der Waals surface area contributed by atoms with E-state index in [1.807, 2.05) is 0 Å². The summed E-state index contributed by atoms with van der Waals surface area (Å²) in [4.78, 5) is 18.7. The summed E-state index contributed by atoms with van der Waals surface area (Å²) in [6.45, 7) is 0.673. The monoisotopic (exact) mass is 279 g/mol. The molecule has 0 radical (unpaired) electrons. The summed E-state index contributed by atoms with van der Waals surface area (Å²) >= 11 is 5.06. The zero-order valence-electron chi connectivity index (χ0n) is 10.8. The van der Waals surface area contributed by atoms with Crippen LogP contribution in [0.3, 0.4) is 0 Å². The molecule has 1 aliphatic rings. The molecule has 0 bridgehead atoms. The van der Waals surface area contributed by atoms with Crippen molar-refractivity contribution in [3.05, 3.63) is 24.0 Å². The summed E-state index contributed by atoms with van der Waals surface area (Å²) in [5.74, 6) is 0.372. The zero-order valence-corrected chi connectivity index (χ0v) is 11.7. The van der Waals surface area contributed by atoms with Gasteiger partial charge in [0.15, 0.2) is 0 Å². The van der Waals surface area contributed by atoms with Crippen molar-refractivity contribution in [3.8, 4) is 5.75 Å². The Morgan fingerprint density at radius 3 is 3.05 bits per heavy atom. The SMILES string of the molecule is COc1cnccc1C(=O)N1CCCCC1C(N)=S. The molecule has 1 fully saturated rings. The molecule has 0 aromatic carbocycles. The second kappa shape index (κ2) is 5.97. The number of amides is 1. The van der Waals surface area contributed by atoms with E-state index in [2.05, 4.69) is 4.98 Å². The molecule has 1 atom stereocenters. The summed E-state index contributed by atoms with van der Waals surface area (Å²) in [6, 6.07) is 1.50. The van der Waals surface area contributed by atoms with Gasteiger partial charge in [0.1, 0.15) is 5.75 Å². The first kappa shape index (κ1) is 13.7.